The minimum absolute atomic E-state index is 0.412. The van der Waals surface area contributed by atoms with Crippen LogP contribution in [-0.4, -0.2) is 10.2 Å². The van der Waals surface area contributed by atoms with Crippen LogP contribution in [0.1, 0.15) is 12.1 Å². The summed E-state index contributed by atoms with van der Waals surface area (Å²) in [7, 11) is 0. The Bertz CT molecular complexity index is 260. The number of halogens is 1. The number of hydrogen-bond acceptors (Lipinski definition) is 2. The molecule has 1 rings (SSSR count). The predicted octanol–water partition coefficient (Wildman–Crippen LogP) is 1.70. The molecule has 0 aromatic carbocycles. The van der Waals surface area contributed by atoms with Crippen LogP contribution < -0.4 is 0 Å². The van der Waals surface area contributed by atoms with Gasteiger partial charge in [0.25, 0.3) is 0 Å². The molecule has 0 saturated carbocycles. The van der Waals surface area contributed by atoms with E-state index in [0.29, 0.717) is 11.6 Å². The second-order valence-corrected chi connectivity index (χ2v) is 2.44. The van der Waals surface area contributed by atoms with Gasteiger partial charge in [-0.3, -0.25) is 0 Å². The van der Waals surface area contributed by atoms with E-state index < -0.39 is 0 Å². The maximum Gasteiger partial charge on any atom is 0.151 e. The molecule has 0 saturated heterocycles. The van der Waals surface area contributed by atoms with E-state index in [-0.39, 0.29) is 0 Å². The molecule has 0 N–H and O–H groups in total. The van der Waals surface area contributed by atoms with Gasteiger partial charge in [0.15, 0.2) is 5.15 Å². The monoisotopic (exact) mass is 166 g/mol. The van der Waals surface area contributed by atoms with Crippen LogP contribution in [0.25, 0.3) is 0 Å². The Balaban J connectivity index is 2.60. The molecule has 1 aromatic rings. The lowest BCUT2D eigenvalue weighted by Crippen LogP contribution is -1.91. The first-order valence-electron chi connectivity index (χ1n) is 3.24. The summed E-state index contributed by atoms with van der Waals surface area (Å²) < 4.78 is 0. The summed E-state index contributed by atoms with van der Waals surface area (Å²) in [6.45, 7) is 0. The van der Waals surface area contributed by atoms with Crippen LogP contribution in [-0.2, 0) is 6.42 Å². The number of nitrogens with zero attached hydrogens (tertiary/aromatic N) is 2. The summed E-state index contributed by atoms with van der Waals surface area (Å²) in [5.41, 5.74) is 0.882. The zero-order valence-electron chi connectivity index (χ0n) is 5.92. The Labute approximate surface area is 70.6 Å². The molecule has 0 bridgehead atoms. The van der Waals surface area contributed by atoms with Crippen molar-refractivity contribution in [2.45, 2.75) is 12.8 Å². The second kappa shape index (κ2) is 3.95. The number of terminal acetylenes is 1. The third kappa shape index (κ3) is 2.57. The largest absolute Gasteiger partial charge is 0.154 e. The Kier molecular flexibility index (Phi) is 2.88. The van der Waals surface area contributed by atoms with Crippen LogP contribution in [0.5, 0.6) is 0 Å². The average Bonchev–Trinajstić information content (AvgIpc) is 2.04. The first-order valence-corrected chi connectivity index (χ1v) is 3.62. The first-order chi connectivity index (χ1) is 5.33. The topological polar surface area (TPSA) is 25.8 Å². The van der Waals surface area contributed by atoms with Crippen molar-refractivity contribution in [2.75, 3.05) is 0 Å². The smallest absolute Gasteiger partial charge is 0.151 e. The van der Waals surface area contributed by atoms with E-state index in [0.717, 1.165) is 12.1 Å². The van der Waals surface area contributed by atoms with Gasteiger partial charge < -0.3 is 0 Å². The number of aromatic nitrogens is 2. The number of aryl methyl sites for hydroxylation is 1. The molecule has 1 heterocycles. The van der Waals surface area contributed by atoms with Gasteiger partial charge >= 0.3 is 0 Å². The SMILES string of the molecule is C#CCCc1ccc(Cl)nn1. The summed E-state index contributed by atoms with van der Waals surface area (Å²) in [4.78, 5) is 0. The highest BCUT2D eigenvalue weighted by molar-refractivity contribution is 6.29. The van der Waals surface area contributed by atoms with Crippen molar-refractivity contribution in [3.8, 4) is 12.3 Å². The Hall–Kier alpha value is -1.07. The highest BCUT2D eigenvalue weighted by atomic mass is 35.5. The molecular weight excluding hydrogens is 160 g/mol. The van der Waals surface area contributed by atoms with Crippen LogP contribution in [0.4, 0.5) is 0 Å². The highest BCUT2D eigenvalue weighted by Gasteiger charge is 1.93. The van der Waals surface area contributed by atoms with Crippen LogP contribution >= 0.6 is 11.6 Å². The number of rotatable bonds is 2. The Morgan fingerprint density at radius 1 is 1.45 bits per heavy atom. The van der Waals surface area contributed by atoms with Gasteiger partial charge in [-0.1, -0.05) is 11.6 Å². The van der Waals surface area contributed by atoms with Gasteiger partial charge in [0.2, 0.25) is 0 Å². The number of hydrogen-bond donors (Lipinski definition) is 0. The van der Waals surface area contributed by atoms with Gasteiger partial charge in [0.05, 0.1) is 5.69 Å². The second-order valence-electron chi connectivity index (χ2n) is 2.05. The Morgan fingerprint density at radius 3 is 2.82 bits per heavy atom. The molecule has 1 aromatic heterocycles. The summed E-state index contributed by atoms with van der Waals surface area (Å²) in [6.07, 6.45) is 6.54. The summed E-state index contributed by atoms with van der Waals surface area (Å²) in [5, 5.41) is 7.93. The zero-order valence-corrected chi connectivity index (χ0v) is 6.67. The fraction of sp³-hybridized carbons (Fsp3) is 0.250. The molecule has 0 aliphatic carbocycles. The van der Waals surface area contributed by atoms with E-state index in [4.69, 9.17) is 18.0 Å². The predicted molar refractivity (Wildman–Crippen MR) is 44.2 cm³/mol. The van der Waals surface area contributed by atoms with E-state index >= 15 is 0 Å². The lowest BCUT2D eigenvalue weighted by atomic mass is 10.2. The fourth-order valence-electron chi connectivity index (χ4n) is 0.677. The summed E-state index contributed by atoms with van der Waals surface area (Å²) in [5.74, 6) is 2.53. The van der Waals surface area contributed by atoms with E-state index in [1.54, 1.807) is 6.07 Å². The quantitative estimate of drug-likeness (QED) is 0.625. The van der Waals surface area contributed by atoms with Crippen LogP contribution in [0.15, 0.2) is 12.1 Å². The average molecular weight is 167 g/mol. The van der Waals surface area contributed by atoms with Crippen molar-refractivity contribution in [2.24, 2.45) is 0 Å². The van der Waals surface area contributed by atoms with Gasteiger partial charge in [0, 0.05) is 12.8 Å². The van der Waals surface area contributed by atoms with Crippen molar-refractivity contribution in [3.05, 3.63) is 23.0 Å². The third-order valence-corrected chi connectivity index (χ3v) is 1.41. The molecule has 3 heteroatoms. The van der Waals surface area contributed by atoms with E-state index in [1.165, 1.54) is 0 Å². The molecule has 0 atom stereocenters. The van der Waals surface area contributed by atoms with Crippen molar-refractivity contribution < 1.29 is 0 Å². The molecule has 0 aliphatic rings. The molecule has 0 aliphatic heterocycles. The Morgan fingerprint density at radius 2 is 2.27 bits per heavy atom. The highest BCUT2D eigenvalue weighted by Crippen LogP contribution is 2.03. The molecule has 0 radical (unpaired) electrons. The molecule has 56 valence electrons. The van der Waals surface area contributed by atoms with Crippen LogP contribution in [0.3, 0.4) is 0 Å². The van der Waals surface area contributed by atoms with Gasteiger partial charge in [-0.15, -0.1) is 17.4 Å². The molecule has 0 spiro atoms. The molecule has 11 heavy (non-hydrogen) atoms. The summed E-state index contributed by atoms with van der Waals surface area (Å²) in [6, 6.07) is 3.53. The van der Waals surface area contributed by atoms with Crippen molar-refractivity contribution in [1.29, 1.82) is 0 Å². The molecule has 0 fully saturated rings. The molecular formula is C8H7ClN2. The molecule has 2 nitrogen and oxygen atoms in total. The van der Waals surface area contributed by atoms with E-state index in [2.05, 4.69) is 16.1 Å². The van der Waals surface area contributed by atoms with Crippen LogP contribution in [0.2, 0.25) is 5.15 Å². The fourth-order valence-corrected chi connectivity index (χ4v) is 0.778. The normalized spacial score (nSPS) is 9.09. The lowest BCUT2D eigenvalue weighted by Gasteiger charge is -1.93. The third-order valence-electron chi connectivity index (χ3n) is 1.21. The van der Waals surface area contributed by atoms with Crippen molar-refractivity contribution in [3.63, 3.8) is 0 Å². The van der Waals surface area contributed by atoms with Gasteiger partial charge in [-0.05, 0) is 12.1 Å². The first kappa shape index (κ1) is 8.03. The maximum absolute atomic E-state index is 5.53. The maximum atomic E-state index is 5.53. The zero-order chi connectivity index (χ0) is 8.10. The van der Waals surface area contributed by atoms with E-state index in [1.807, 2.05) is 6.07 Å². The van der Waals surface area contributed by atoms with Gasteiger partial charge in [-0.25, -0.2) is 0 Å². The molecule has 0 unspecified atom stereocenters. The molecule has 0 amide bonds. The van der Waals surface area contributed by atoms with E-state index in [9.17, 15) is 0 Å². The minimum Gasteiger partial charge on any atom is -0.154 e. The minimum atomic E-state index is 0.412. The van der Waals surface area contributed by atoms with Crippen LogP contribution in [0, 0.1) is 12.3 Å². The van der Waals surface area contributed by atoms with Gasteiger partial charge in [-0.2, -0.15) is 5.10 Å². The van der Waals surface area contributed by atoms with Crippen molar-refractivity contribution >= 4 is 11.6 Å². The lowest BCUT2D eigenvalue weighted by molar-refractivity contribution is 0.886. The van der Waals surface area contributed by atoms with Gasteiger partial charge in [0.1, 0.15) is 0 Å². The summed E-state index contributed by atoms with van der Waals surface area (Å²) >= 11 is 5.53. The van der Waals surface area contributed by atoms with Crippen molar-refractivity contribution in [1.82, 2.24) is 10.2 Å². The standard InChI is InChI=1S/C8H7ClN2/c1-2-3-4-7-5-6-8(9)11-10-7/h1,5-6H,3-4H2.